The quantitative estimate of drug-likeness (QED) is 0.486. The van der Waals surface area contributed by atoms with E-state index in [1.165, 1.54) is 0 Å². The van der Waals surface area contributed by atoms with Gasteiger partial charge in [0, 0.05) is 0 Å². The molecule has 0 saturated heterocycles. The van der Waals surface area contributed by atoms with Crippen LogP contribution in [0.2, 0.25) is 0 Å². The third-order valence-electron chi connectivity index (χ3n) is 1.98. The maximum absolute atomic E-state index is 13.0. The summed E-state index contributed by atoms with van der Waals surface area (Å²) in [5, 5.41) is 12.3. The second-order valence-corrected chi connectivity index (χ2v) is 3.24. The average molecular weight is 263 g/mol. The number of nitro benzene ring substituents is 1. The highest BCUT2D eigenvalue weighted by atomic mass is 19.3. The smallest absolute Gasteiger partial charge is 0.295 e. The van der Waals surface area contributed by atoms with Crippen LogP contribution in [-0.4, -0.2) is 23.8 Å². The van der Waals surface area contributed by atoms with Crippen LogP contribution in [-0.2, 0) is 0 Å². The molecule has 0 unspecified atom stereocenters. The van der Waals surface area contributed by atoms with Gasteiger partial charge in [-0.15, -0.1) is 0 Å². The van der Waals surface area contributed by atoms with Crippen molar-refractivity contribution < 1.29 is 22.9 Å². The largest absolute Gasteiger partial charge is 0.393 e. The van der Waals surface area contributed by atoms with Gasteiger partial charge >= 0.3 is 0 Å². The van der Waals surface area contributed by atoms with E-state index in [1.807, 2.05) is 0 Å². The first-order valence-electron chi connectivity index (χ1n) is 4.62. The van der Waals surface area contributed by atoms with E-state index in [9.17, 15) is 28.1 Å². The Bertz CT molecular complexity index is 493. The highest BCUT2D eigenvalue weighted by Crippen LogP contribution is 2.26. The highest BCUT2D eigenvalue weighted by molar-refractivity contribution is 6.01. The zero-order chi connectivity index (χ0) is 13.9. The Balaban J connectivity index is 3.09. The fraction of sp³-hybridized carbons (Fsp3) is 0.222. The van der Waals surface area contributed by atoms with E-state index < -0.39 is 46.6 Å². The number of rotatable bonds is 4. The number of nitrogens with zero attached hydrogens (tertiary/aromatic N) is 1. The number of nitrogens with two attached hydrogens (primary N) is 1. The summed E-state index contributed by atoms with van der Waals surface area (Å²) in [7, 11) is 0. The maximum Gasteiger partial charge on any atom is 0.295 e. The fourth-order valence-corrected chi connectivity index (χ4v) is 1.21. The van der Waals surface area contributed by atoms with E-state index in [1.54, 1.807) is 5.32 Å². The molecule has 1 aromatic rings. The van der Waals surface area contributed by atoms with Crippen LogP contribution >= 0.6 is 0 Å². The summed E-state index contributed by atoms with van der Waals surface area (Å²) in [5.74, 6) is -2.16. The Labute approximate surface area is 98.7 Å². The molecular formula is C9H8F3N3O3. The Hall–Kier alpha value is -2.32. The molecule has 0 aliphatic rings. The Morgan fingerprint density at radius 3 is 2.61 bits per heavy atom. The predicted molar refractivity (Wildman–Crippen MR) is 55.8 cm³/mol. The van der Waals surface area contributed by atoms with Crippen LogP contribution in [0.3, 0.4) is 0 Å². The van der Waals surface area contributed by atoms with E-state index in [2.05, 4.69) is 0 Å². The Morgan fingerprint density at radius 2 is 2.11 bits per heavy atom. The molecule has 0 saturated carbocycles. The van der Waals surface area contributed by atoms with Crippen molar-refractivity contribution in [1.29, 1.82) is 0 Å². The zero-order valence-corrected chi connectivity index (χ0v) is 8.82. The second-order valence-electron chi connectivity index (χ2n) is 3.24. The van der Waals surface area contributed by atoms with Gasteiger partial charge in [-0.1, -0.05) is 0 Å². The van der Waals surface area contributed by atoms with E-state index in [0.717, 1.165) is 0 Å². The van der Waals surface area contributed by atoms with Gasteiger partial charge in [0.15, 0.2) is 0 Å². The normalized spacial score (nSPS) is 10.4. The number of carbonyl (C=O) groups excluding carboxylic acids is 1. The molecule has 0 fully saturated rings. The molecule has 0 aliphatic heterocycles. The minimum atomic E-state index is -2.79. The molecule has 0 radical (unpaired) electrons. The van der Waals surface area contributed by atoms with Gasteiger partial charge in [-0.05, 0) is 6.07 Å². The molecule has 1 rings (SSSR count). The lowest BCUT2D eigenvalue weighted by molar-refractivity contribution is -0.384. The molecule has 9 heteroatoms. The number of anilines is 1. The van der Waals surface area contributed by atoms with E-state index >= 15 is 0 Å². The minimum Gasteiger partial charge on any atom is -0.393 e. The number of alkyl halides is 2. The number of halogens is 3. The van der Waals surface area contributed by atoms with Crippen molar-refractivity contribution in [2.75, 3.05) is 12.3 Å². The number of hydrogen-bond donors (Lipinski definition) is 2. The molecule has 1 amide bonds. The van der Waals surface area contributed by atoms with Gasteiger partial charge in [0.25, 0.3) is 18.0 Å². The molecule has 0 atom stereocenters. The standard InChI is InChI=1S/C9H8F3N3O3/c10-4-1-5(9(16)14-3-7(11)12)8(13)6(2-4)15(17)18/h1-2,7H,3,13H2,(H,14,16). The number of nitrogens with one attached hydrogen (secondary N) is 1. The summed E-state index contributed by atoms with van der Waals surface area (Å²) in [6, 6.07) is 1.18. The third-order valence-corrected chi connectivity index (χ3v) is 1.98. The van der Waals surface area contributed by atoms with Crippen LogP contribution in [0, 0.1) is 15.9 Å². The Kier molecular flexibility index (Phi) is 4.08. The van der Waals surface area contributed by atoms with Gasteiger partial charge in [0.2, 0.25) is 0 Å². The molecule has 0 aliphatic carbocycles. The third kappa shape index (κ3) is 3.09. The molecule has 0 spiro atoms. The highest BCUT2D eigenvalue weighted by Gasteiger charge is 2.22. The summed E-state index contributed by atoms with van der Waals surface area (Å²) in [5.41, 5.74) is 3.38. The number of benzene rings is 1. The van der Waals surface area contributed by atoms with Crippen LogP contribution < -0.4 is 11.1 Å². The van der Waals surface area contributed by atoms with Crippen molar-refractivity contribution in [3.05, 3.63) is 33.6 Å². The minimum absolute atomic E-state index is 0.541. The van der Waals surface area contributed by atoms with Gasteiger partial charge in [-0.3, -0.25) is 14.9 Å². The lowest BCUT2D eigenvalue weighted by Crippen LogP contribution is -2.29. The number of nitro groups is 1. The molecular weight excluding hydrogens is 255 g/mol. The van der Waals surface area contributed by atoms with Gasteiger partial charge in [0.05, 0.1) is 23.1 Å². The summed E-state index contributed by atoms with van der Waals surface area (Å²) in [6.07, 6.45) is -2.79. The summed E-state index contributed by atoms with van der Waals surface area (Å²) < 4.78 is 36.8. The molecule has 0 aromatic heterocycles. The maximum atomic E-state index is 13.0. The van der Waals surface area contributed by atoms with E-state index in [-0.39, 0.29) is 0 Å². The lowest BCUT2D eigenvalue weighted by atomic mass is 10.1. The van der Waals surface area contributed by atoms with Crippen LogP contribution in [0.4, 0.5) is 24.5 Å². The molecule has 3 N–H and O–H groups in total. The molecule has 0 heterocycles. The molecule has 6 nitrogen and oxygen atoms in total. The van der Waals surface area contributed by atoms with Crippen molar-refractivity contribution in [1.82, 2.24) is 5.32 Å². The first-order chi connectivity index (χ1) is 8.32. The summed E-state index contributed by atoms with van der Waals surface area (Å²) in [6.45, 7) is -0.956. The summed E-state index contributed by atoms with van der Waals surface area (Å²) >= 11 is 0. The number of nitrogen functional groups attached to an aromatic ring is 1. The van der Waals surface area contributed by atoms with Crippen LogP contribution in [0.1, 0.15) is 10.4 Å². The molecule has 1 aromatic carbocycles. The number of amides is 1. The molecule has 0 bridgehead atoms. The zero-order valence-electron chi connectivity index (χ0n) is 8.82. The number of hydrogen-bond acceptors (Lipinski definition) is 4. The van der Waals surface area contributed by atoms with E-state index in [4.69, 9.17) is 5.73 Å². The average Bonchev–Trinajstić information content (AvgIpc) is 2.28. The SMILES string of the molecule is Nc1c(C(=O)NCC(F)F)cc(F)cc1[N+](=O)[O-]. The number of carbonyl (C=O) groups is 1. The van der Waals surface area contributed by atoms with Crippen LogP contribution in [0.5, 0.6) is 0 Å². The van der Waals surface area contributed by atoms with Gasteiger partial charge in [-0.2, -0.15) is 0 Å². The van der Waals surface area contributed by atoms with Gasteiger partial charge in [0.1, 0.15) is 11.5 Å². The monoisotopic (exact) mass is 263 g/mol. The Morgan fingerprint density at radius 1 is 1.50 bits per heavy atom. The van der Waals surface area contributed by atoms with Gasteiger partial charge in [-0.25, -0.2) is 13.2 Å². The lowest BCUT2D eigenvalue weighted by Gasteiger charge is -2.07. The first kappa shape index (κ1) is 13.7. The summed E-state index contributed by atoms with van der Waals surface area (Å²) in [4.78, 5) is 20.9. The second kappa shape index (κ2) is 5.34. The van der Waals surface area contributed by atoms with Gasteiger partial charge < -0.3 is 11.1 Å². The van der Waals surface area contributed by atoms with Crippen molar-refractivity contribution in [2.24, 2.45) is 0 Å². The van der Waals surface area contributed by atoms with Crippen molar-refractivity contribution in [3.63, 3.8) is 0 Å². The predicted octanol–water partition coefficient (Wildman–Crippen LogP) is 1.31. The molecule has 18 heavy (non-hydrogen) atoms. The van der Waals surface area contributed by atoms with Crippen molar-refractivity contribution >= 4 is 17.3 Å². The van der Waals surface area contributed by atoms with Crippen LogP contribution in [0.15, 0.2) is 12.1 Å². The van der Waals surface area contributed by atoms with Crippen LogP contribution in [0.25, 0.3) is 0 Å². The van der Waals surface area contributed by atoms with E-state index in [0.29, 0.717) is 12.1 Å². The van der Waals surface area contributed by atoms with Crippen molar-refractivity contribution in [3.8, 4) is 0 Å². The first-order valence-corrected chi connectivity index (χ1v) is 4.62. The molecule has 98 valence electrons. The van der Waals surface area contributed by atoms with Crippen molar-refractivity contribution in [2.45, 2.75) is 6.43 Å². The fourth-order valence-electron chi connectivity index (χ4n) is 1.21. The topological polar surface area (TPSA) is 98.3 Å².